The number of ether oxygens (including phenoxy) is 1. The molecule has 6 heteroatoms. The average molecular weight is 401 g/mol. The van der Waals surface area contributed by atoms with Gasteiger partial charge < -0.3 is 15.8 Å². The SMILES string of the molecule is COc1ccc(/C=C/C(=O)NCc2ccc(C(=O)Cc3ccncc3N)cc2)cc1. The summed E-state index contributed by atoms with van der Waals surface area (Å²) in [6.45, 7) is 0.373. The predicted molar refractivity (Wildman–Crippen MR) is 117 cm³/mol. The molecule has 0 saturated heterocycles. The molecular weight excluding hydrogens is 378 g/mol. The smallest absolute Gasteiger partial charge is 0.244 e. The van der Waals surface area contributed by atoms with Crippen LogP contribution in [0.4, 0.5) is 5.69 Å². The maximum absolute atomic E-state index is 12.4. The number of carbonyl (C=O) groups is 2. The van der Waals surface area contributed by atoms with E-state index in [1.165, 1.54) is 12.3 Å². The number of ketones is 1. The van der Waals surface area contributed by atoms with Gasteiger partial charge >= 0.3 is 0 Å². The summed E-state index contributed by atoms with van der Waals surface area (Å²) in [5.41, 5.74) is 9.52. The highest BCUT2D eigenvalue weighted by molar-refractivity contribution is 5.98. The summed E-state index contributed by atoms with van der Waals surface area (Å²) >= 11 is 0. The fourth-order valence-corrected chi connectivity index (χ4v) is 2.82. The number of pyridine rings is 1. The summed E-state index contributed by atoms with van der Waals surface area (Å²) in [6, 6.07) is 16.3. The molecule has 0 fully saturated rings. The van der Waals surface area contributed by atoms with Gasteiger partial charge in [-0.25, -0.2) is 0 Å². The van der Waals surface area contributed by atoms with Crippen LogP contribution in [0.25, 0.3) is 6.08 Å². The van der Waals surface area contributed by atoms with E-state index in [4.69, 9.17) is 10.5 Å². The van der Waals surface area contributed by atoms with Gasteiger partial charge in [0.2, 0.25) is 5.91 Å². The van der Waals surface area contributed by atoms with Gasteiger partial charge in [0, 0.05) is 30.8 Å². The minimum atomic E-state index is -0.195. The Hall–Kier alpha value is -3.93. The topological polar surface area (TPSA) is 94.3 Å². The molecule has 1 amide bonds. The Morgan fingerprint density at radius 1 is 1.07 bits per heavy atom. The number of hydrogen-bond acceptors (Lipinski definition) is 5. The standard InChI is InChI=1S/C24H23N3O3/c1-30-21-9-4-17(5-10-21)6-11-24(29)27-15-18-2-7-19(8-3-18)23(28)14-20-12-13-26-16-22(20)25/h2-13,16H,14-15,25H2,1H3,(H,27,29)/b11-6+. The summed E-state index contributed by atoms with van der Waals surface area (Å²) in [5, 5.41) is 2.83. The molecule has 6 nitrogen and oxygen atoms in total. The average Bonchev–Trinajstić information content (AvgIpc) is 2.78. The van der Waals surface area contributed by atoms with Crippen molar-refractivity contribution in [2.24, 2.45) is 0 Å². The van der Waals surface area contributed by atoms with Gasteiger partial charge in [0.1, 0.15) is 5.75 Å². The van der Waals surface area contributed by atoms with Crippen LogP contribution in [-0.4, -0.2) is 23.8 Å². The molecule has 3 N–H and O–H groups in total. The van der Waals surface area contributed by atoms with Gasteiger partial charge in [0.25, 0.3) is 0 Å². The highest BCUT2D eigenvalue weighted by Crippen LogP contribution is 2.14. The first kappa shape index (κ1) is 20.8. The molecule has 30 heavy (non-hydrogen) atoms. The Labute approximate surface area is 175 Å². The maximum atomic E-state index is 12.4. The number of Topliss-reactive ketones (excluding diaryl/α,β-unsaturated/α-hetero) is 1. The number of nitrogens with two attached hydrogens (primary N) is 1. The highest BCUT2D eigenvalue weighted by Gasteiger charge is 2.09. The van der Waals surface area contributed by atoms with E-state index in [-0.39, 0.29) is 18.1 Å². The fraction of sp³-hybridized carbons (Fsp3) is 0.125. The molecule has 3 aromatic rings. The van der Waals surface area contributed by atoms with E-state index in [2.05, 4.69) is 10.3 Å². The van der Waals surface area contributed by atoms with Crippen molar-refractivity contribution < 1.29 is 14.3 Å². The zero-order valence-corrected chi connectivity index (χ0v) is 16.7. The van der Waals surface area contributed by atoms with E-state index < -0.39 is 0 Å². The molecule has 1 heterocycles. The number of hydrogen-bond donors (Lipinski definition) is 2. The Kier molecular flexibility index (Phi) is 6.95. The lowest BCUT2D eigenvalue weighted by molar-refractivity contribution is -0.116. The molecule has 0 aliphatic heterocycles. The summed E-state index contributed by atoms with van der Waals surface area (Å²) in [6.07, 6.45) is 6.60. The highest BCUT2D eigenvalue weighted by atomic mass is 16.5. The number of carbonyl (C=O) groups excluding carboxylic acids is 2. The molecule has 0 aliphatic rings. The van der Waals surface area contributed by atoms with Crippen molar-refractivity contribution in [2.75, 3.05) is 12.8 Å². The van der Waals surface area contributed by atoms with Crippen LogP contribution in [0.3, 0.4) is 0 Å². The molecule has 0 bridgehead atoms. The lowest BCUT2D eigenvalue weighted by Gasteiger charge is -2.06. The third kappa shape index (κ3) is 5.78. The third-order valence-corrected chi connectivity index (χ3v) is 4.58. The van der Waals surface area contributed by atoms with E-state index in [0.717, 1.165) is 22.4 Å². The van der Waals surface area contributed by atoms with Crippen molar-refractivity contribution in [3.63, 3.8) is 0 Å². The minimum absolute atomic E-state index is 0.0223. The van der Waals surface area contributed by atoms with Crippen molar-refractivity contribution >= 4 is 23.5 Å². The van der Waals surface area contributed by atoms with Crippen molar-refractivity contribution in [1.82, 2.24) is 10.3 Å². The summed E-state index contributed by atoms with van der Waals surface area (Å²) in [7, 11) is 1.61. The summed E-state index contributed by atoms with van der Waals surface area (Å²) in [5.74, 6) is 0.549. The van der Waals surface area contributed by atoms with Crippen LogP contribution in [0, 0.1) is 0 Å². The number of aromatic nitrogens is 1. The molecule has 0 unspecified atom stereocenters. The number of nitrogen functional groups attached to an aromatic ring is 1. The van der Waals surface area contributed by atoms with Crippen LogP contribution in [-0.2, 0) is 17.8 Å². The number of nitrogens with zero attached hydrogens (tertiary/aromatic N) is 1. The van der Waals surface area contributed by atoms with Crippen molar-refractivity contribution in [2.45, 2.75) is 13.0 Å². The minimum Gasteiger partial charge on any atom is -0.497 e. The van der Waals surface area contributed by atoms with Gasteiger partial charge in [-0.2, -0.15) is 0 Å². The van der Waals surface area contributed by atoms with Crippen molar-refractivity contribution in [1.29, 1.82) is 0 Å². The zero-order chi connectivity index (χ0) is 21.3. The first-order chi connectivity index (χ1) is 14.5. The first-order valence-corrected chi connectivity index (χ1v) is 9.45. The van der Waals surface area contributed by atoms with E-state index in [0.29, 0.717) is 17.8 Å². The molecule has 0 spiro atoms. The van der Waals surface area contributed by atoms with E-state index in [9.17, 15) is 9.59 Å². The van der Waals surface area contributed by atoms with Crippen molar-refractivity contribution in [3.05, 3.63) is 95.3 Å². The fourth-order valence-electron chi connectivity index (χ4n) is 2.82. The van der Waals surface area contributed by atoms with Gasteiger partial charge in [-0.15, -0.1) is 0 Å². The zero-order valence-electron chi connectivity index (χ0n) is 16.7. The second kappa shape index (κ2) is 10.0. The van der Waals surface area contributed by atoms with Crippen LogP contribution in [0.2, 0.25) is 0 Å². The quantitative estimate of drug-likeness (QED) is 0.445. The van der Waals surface area contributed by atoms with Gasteiger partial charge in [0.15, 0.2) is 5.78 Å². The normalized spacial score (nSPS) is 10.7. The lowest BCUT2D eigenvalue weighted by Crippen LogP contribution is -2.20. The maximum Gasteiger partial charge on any atom is 0.244 e. The summed E-state index contributed by atoms with van der Waals surface area (Å²) < 4.78 is 5.11. The molecule has 0 radical (unpaired) electrons. The van der Waals surface area contributed by atoms with Gasteiger partial charge in [-0.3, -0.25) is 14.6 Å². The molecule has 0 saturated carbocycles. The second-order valence-corrected chi connectivity index (χ2v) is 6.70. The van der Waals surface area contributed by atoms with E-state index in [1.807, 2.05) is 36.4 Å². The predicted octanol–water partition coefficient (Wildman–Crippen LogP) is 3.43. The van der Waals surface area contributed by atoms with Gasteiger partial charge in [-0.1, -0.05) is 36.4 Å². The molecular formula is C24H23N3O3. The Morgan fingerprint density at radius 2 is 1.80 bits per heavy atom. The number of benzene rings is 2. The summed E-state index contributed by atoms with van der Waals surface area (Å²) in [4.78, 5) is 28.4. The van der Waals surface area contributed by atoms with Crippen molar-refractivity contribution in [3.8, 4) is 5.75 Å². The second-order valence-electron chi connectivity index (χ2n) is 6.70. The lowest BCUT2D eigenvalue weighted by atomic mass is 10.0. The van der Waals surface area contributed by atoms with Gasteiger partial charge in [-0.05, 0) is 41.0 Å². The molecule has 2 aromatic carbocycles. The van der Waals surface area contributed by atoms with Crippen LogP contribution < -0.4 is 15.8 Å². The molecule has 0 atom stereocenters. The molecule has 3 rings (SSSR count). The number of nitrogens with one attached hydrogen (secondary N) is 1. The first-order valence-electron chi connectivity index (χ1n) is 9.45. The Bertz CT molecular complexity index is 1040. The number of anilines is 1. The van der Waals surface area contributed by atoms with Crippen LogP contribution >= 0.6 is 0 Å². The number of rotatable bonds is 8. The van der Waals surface area contributed by atoms with E-state index in [1.54, 1.807) is 37.6 Å². The third-order valence-electron chi connectivity index (χ3n) is 4.58. The van der Waals surface area contributed by atoms with Crippen LogP contribution in [0.15, 0.2) is 73.1 Å². The molecule has 152 valence electrons. The van der Waals surface area contributed by atoms with Crippen LogP contribution in [0.5, 0.6) is 5.75 Å². The van der Waals surface area contributed by atoms with E-state index >= 15 is 0 Å². The largest absolute Gasteiger partial charge is 0.497 e. The Balaban J connectivity index is 1.51. The number of methoxy groups -OCH3 is 1. The van der Waals surface area contributed by atoms with Gasteiger partial charge in [0.05, 0.1) is 19.0 Å². The molecule has 0 aliphatic carbocycles. The monoisotopic (exact) mass is 401 g/mol. The Morgan fingerprint density at radius 3 is 2.47 bits per heavy atom. The van der Waals surface area contributed by atoms with Crippen LogP contribution in [0.1, 0.15) is 27.0 Å². The molecule has 1 aromatic heterocycles. The number of amides is 1.